The van der Waals surface area contributed by atoms with Crippen molar-refractivity contribution in [1.29, 1.82) is 0 Å². The van der Waals surface area contributed by atoms with Gasteiger partial charge in [0.1, 0.15) is 0 Å². The van der Waals surface area contributed by atoms with Crippen LogP contribution < -0.4 is 10.2 Å². The first-order valence-electron chi connectivity index (χ1n) is 0.816. The van der Waals surface area contributed by atoms with Gasteiger partial charge in [0.15, 0.2) is 0 Å². The van der Waals surface area contributed by atoms with Crippen molar-refractivity contribution in [3.8, 4) is 0 Å². The van der Waals surface area contributed by atoms with Gasteiger partial charge >= 0.3 is 17.1 Å². The fourth-order valence-corrected chi connectivity index (χ4v) is 0. The van der Waals surface area contributed by atoms with Gasteiger partial charge in [0.25, 0.3) is 0 Å². The van der Waals surface area contributed by atoms with Crippen LogP contribution in [0.25, 0.3) is 0 Å². The van der Waals surface area contributed by atoms with Gasteiger partial charge in [0, 0.05) is 0 Å². The van der Waals surface area contributed by atoms with E-state index in [2.05, 4.69) is 0 Å². The molecule has 0 atom stereocenters. The molecule has 37 valence electrons. The Morgan fingerprint density at radius 1 is 0.800 bits per heavy atom. The molecule has 5 heavy (non-hydrogen) atoms. The van der Waals surface area contributed by atoms with Crippen LogP contribution in [0, 0.1) is 0 Å². The second-order valence-electron chi connectivity index (χ2n) is 0. The zero-order valence-corrected chi connectivity index (χ0v) is 4.06. The van der Waals surface area contributed by atoms with Crippen molar-refractivity contribution in [2.24, 2.45) is 0 Å². The minimum atomic E-state index is 0. The molecular formula is C2H6CuO2. The van der Waals surface area contributed by atoms with Crippen molar-refractivity contribution in [2.75, 3.05) is 14.2 Å². The Morgan fingerprint density at radius 2 is 0.800 bits per heavy atom. The van der Waals surface area contributed by atoms with E-state index in [0.29, 0.717) is 0 Å². The quantitative estimate of drug-likeness (QED) is 0.350. The minimum Gasteiger partial charge on any atom is -0.857 e. The Morgan fingerprint density at radius 3 is 0.800 bits per heavy atom. The largest absolute Gasteiger partial charge is 2.00 e. The van der Waals surface area contributed by atoms with Crippen LogP contribution in [0.2, 0.25) is 0 Å². The fraction of sp³-hybridized carbons (Fsp3) is 1.00. The summed E-state index contributed by atoms with van der Waals surface area (Å²) < 4.78 is 0. The van der Waals surface area contributed by atoms with Crippen molar-refractivity contribution in [2.45, 2.75) is 0 Å². The zero-order valence-electron chi connectivity index (χ0n) is 3.12. The summed E-state index contributed by atoms with van der Waals surface area (Å²) in [5, 5.41) is 16.5. The van der Waals surface area contributed by atoms with Crippen molar-refractivity contribution < 1.29 is 27.3 Å². The van der Waals surface area contributed by atoms with E-state index in [1.54, 1.807) is 0 Å². The van der Waals surface area contributed by atoms with Crippen LogP contribution in [0.1, 0.15) is 0 Å². The molecule has 0 amide bonds. The normalized spacial score (nSPS) is 2.40. The van der Waals surface area contributed by atoms with Crippen molar-refractivity contribution in [3.05, 3.63) is 0 Å². The molecule has 0 saturated carbocycles. The Labute approximate surface area is 42.3 Å². The van der Waals surface area contributed by atoms with Gasteiger partial charge in [-0.3, -0.25) is 0 Å². The average Bonchev–Trinajstić information content (AvgIpc) is 1.50. The van der Waals surface area contributed by atoms with Crippen LogP contribution in [-0.4, -0.2) is 14.2 Å². The summed E-state index contributed by atoms with van der Waals surface area (Å²) in [5.74, 6) is 0. The molecule has 0 spiro atoms. The van der Waals surface area contributed by atoms with Crippen molar-refractivity contribution >= 4 is 0 Å². The summed E-state index contributed by atoms with van der Waals surface area (Å²) in [7, 11) is 1.50. The van der Waals surface area contributed by atoms with Crippen LogP contribution in [-0.2, 0) is 17.1 Å². The molecule has 3 heteroatoms. The second-order valence-corrected chi connectivity index (χ2v) is 0. The summed E-state index contributed by atoms with van der Waals surface area (Å²) in [6, 6.07) is 0. The van der Waals surface area contributed by atoms with E-state index in [1.165, 1.54) is 0 Å². The van der Waals surface area contributed by atoms with Gasteiger partial charge in [-0.2, -0.15) is 14.2 Å². The third kappa shape index (κ3) is 137. The van der Waals surface area contributed by atoms with E-state index in [0.717, 1.165) is 14.2 Å². The number of hydrogen-bond acceptors (Lipinski definition) is 2. The van der Waals surface area contributed by atoms with Gasteiger partial charge in [-0.1, -0.05) is 0 Å². The van der Waals surface area contributed by atoms with E-state index >= 15 is 0 Å². The van der Waals surface area contributed by atoms with Crippen molar-refractivity contribution in [3.63, 3.8) is 0 Å². The van der Waals surface area contributed by atoms with Crippen LogP contribution in [0.15, 0.2) is 0 Å². The maximum atomic E-state index is 8.25. The van der Waals surface area contributed by atoms with Gasteiger partial charge in [0.2, 0.25) is 0 Å². The monoisotopic (exact) mass is 125 g/mol. The molecule has 0 aliphatic rings. The third-order valence-electron chi connectivity index (χ3n) is 0. The molecule has 0 N–H and O–H groups in total. The third-order valence-corrected chi connectivity index (χ3v) is 0. The van der Waals surface area contributed by atoms with Gasteiger partial charge in [-0.15, -0.1) is 0 Å². The zero-order chi connectivity index (χ0) is 4.00. The molecule has 0 aromatic carbocycles. The average molecular weight is 126 g/mol. The SMILES string of the molecule is C[O-].C[O-].[Cu+2]. The Bertz CT molecular complexity index is 7.61. The standard InChI is InChI=1S/2CH3O.Cu/c2*1-2;/h2*1H3;/q2*-1;+2. The predicted molar refractivity (Wildman–Crippen MR) is 11.8 cm³/mol. The maximum absolute atomic E-state index is 8.25. The molecule has 0 aliphatic heterocycles. The van der Waals surface area contributed by atoms with Crippen LogP contribution in [0.4, 0.5) is 0 Å². The maximum Gasteiger partial charge on any atom is 2.00 e. The van der Waals surface area contributed by atoms with Gasteiger partial charge in [-0.05, 0) is 0 Å². The molecule has 1 radical (unpaired) electrons. The molecule has 0 aromatic rings. The smallest absolute Gasteiger partial charge is 0.857 e. The van der Waals surface area contributed by atoms with Crippen LogP contribution >= 0.6 is 0 Å². The van der Waals surface area contributed by atoms with Gasteiger partial charge in [-0.25, -0.2) is 0 Å². The van der Waals surface area contributed by atoms with Crippen molar-refractivity contribution in [1.82, 2.24) is 0 Å². The Kier molecular flexibility index (Phi) is 980. The topological polar surface area (TPSA) is 46.1 Å². The summed E-state index contributed by atoms with van der Waals surface area (Å²) in [5.41, 5.74) is 0. The molecule has 0 aliphatic carbocycles. The summed E-state index contributed by atoms with van der Waals surface area (Å²) >= 11 is 0. The van der Waals surface area contributed by atoms with E-state index in [-0.39, 0.29) is 17.1 Å². The van der Waals surface area contributed by atoms with E-state index in [1.807, 2.05) is 0 Å². The summed E-state index contributed by atoms with van der Waals surface area (Å²) in [6.45, 7) is 0. The summed E-state index contributed by atoms with van der Waals surface area (Å²) in [4.78, 5) is 0. The van der Waals surface area contributed by atoms with E-state index < -0.39 is 0 Å². The number of hydrogen-bond donors (Lipinski definition) is 0. The van der Waals surface area contributed by atoms with Crippen LogP contribution in [0.5, 0.6) is 0 Å². The molecule has 0 bridgehead atoms. The minimum absolute atomic E-state index is 0. The first kappa shape index (κ1) is 18.0. The first-order chi connectivity index (χ1) is 2.00. The van der Waals surface area contributed by atoms with Crippen LogP contribution in [0.3, 0.4) is 0 Å². The van der Waals surface area contributed by atoms with Gasteiger partial charge in [0.05, 0.1) is 0 Å². The fourth-order valence-electron chi connectivity index (χ4n) is 0. The molecule has 2 nitrogen and oxygen atoms in total. The Balaban J connectivity index is -0.0000000133. The molecule has 0 aromatic heterocycles. The molecular weight excluding hydrogens is 120 g/mol. The molecule has 0 heterocycles. The van der Waals surface area contributed by atoms with E-state index in [4.69, 9.17) is 10.2 Å². The van der Waals surface area contributed by atoms with Gasteiger partial charge < -0.3 is 10.2 Å². The molecule has 0 unspecified atom stereocenters. The molecule has 0 rings (SSSR count). The Hall–Kier alpha value is 0.439. The first-order valence-corrected chi connectivity index (χ1v) is 0.816. The number of rotatable bonds is 0. The predicted octanol–water partition coefficient (Wildman–Crippen LogP) is -2.05. The second kappa shape index (κ2) is 272. The van der Waals surface area contributed by atoms with E-state index in [9.17, 15) is 0 Å². The molecule has 0 saturated heterocycles. The summed E-state index contributed by atoms with van der Waals surface area (Å²) in [6.07, 6.45) is 0. The molecule has 0 fully saturated rings.